The van der Waals surface area contributed by atoms with Crippen LogP contribution in [0.15, 0.2) is 4.99 Å². The third-order valence-electron chi connectivity index (χ3n) is 4.66. The smallest absolute Gasteiger partial charge is 0.191 e. The minimum atomic E-state index is -2.94. The quantitative estimate of drug-likeness (QED) is 0.221. The highest BCUT2D eigenvalue weighted by Crippen LogP contribution is 2.15. The Morgan fingerprint density at radius 2 is 2.07 bits per heavy atom. The van der Waals surface area contributed by atoms with Gasteiger partial charge in [-0.15, -0.1) is 34.2 Å². The molecule has 0 saturated heterocycles. The number of fused-ring (bicyclic) bond motifs is 1. The van der Waals surface area contributed by atoms with Crippen molar-refractivity contribution in [3.63, 3.8) is 0 Å². The molecule has 0 amide bonds. The van der Waals surface area contributed by atoms with Gasteiger partial charge in [0.1, 0.15) is 21.5 Å². The third kappa shape index (κ3) is 9.06. The topological polar surface area (TPSA) is 101 Å². The van der Waals surface area contributed by atoms with Gasteiger partial charge in [-0.25, -0.2) is 8.42 Å². The molecule has 1 aliphatic heterocycles. The first-order valence-electron chi connectivity index (χ1n) is 10.0. The number of nitrogens with zero attached hydrogens (tertiary/aromatic N) is 4. The van der Waals surface area contributed by atoms with Crippen LogP contribution in [0, 0.1) is 0 Å². The van der Waals surface area contributed by atoms with E-state index in [9.17, 15) is 8.42 Å². The molecule has 2 rings (SSSR count). The molecule has 0 radical (unpaired) electrons. The summed E-state index contributed by atoms with van der Waals surface area (Å²) < 4.78 is 24.9. The summed E-state index contributed by atoms with van der Waals surface area (Å²) in [5.74, 6) is 3.11. The van der Waals surface area contributed by atoms with Gasteiger partial charge in [0.05, 0.1) is 5.75 Å². The van der Waals surface area contributed by atoms with Crippen LogP contribution in [-0.2, 0) is 29.2 Å². The second-order valence-corrected chi connectivity index (χ2v) is 9.58. The average Bonchev–Trinajstić information content (AvgIpc) is 2.83. The predicted octanol–water partition coefficient (Wildman–Crippen LogP) is 1.93. The van der Waals surface area contributed by atoms with E-state index in [2.05, 4.69) is 30.4 Å². The summed E-state index contributed by atoms with van der Waals surface area (Å²) in [6.07, 6.45) is 8.33. The molecular weight excluding hydrogens is 491 g/mol. The molecular formula is C18H35IN6O2S. The maximum atomic E-state index is 11.3. The molecule has 28 heavy (non-hydrogen) atoms. The minimum Gasteiger partial charge on any atom is -0.357 e. The highest BCUT2D eigenvalue weighted by molar-refractivity contribution is 14.0. The van der Waals surface area contributed by atoms with Gasteiger partial charge in [-0.3, -0.25) is 4.99 Å². The Labute approximate surface area is 186 Å². The Bertz CT molecular complexity index is 720. The monoisotopic (exact) mass is 526 g/mol. The number of guanidine groups is 1. The number of aryl methyl sites for hydroxylation is 2. The van der Waals surface area contributed by atoms with Crippen LogP contribution in [0.2, 0.25) is 0 Å². The van der Waals surface area contributed by atoms with Crippen molar-refractivity contribution in [3.05, 3.63) is 11.6 Å². The van der Waals surface area contributed by atoms with Gasteiger partial charge in [-0.2, -0.15) is 0 Å². The van der Waals surface area contributed by atoms with Gasteiger partial charge in [0.2, 0.25) is 0 Å². The van der Waals surface area contributed by atoms with Crippen LogP contribution in [0.5, 0.6) is 0 Å². The second-order valence-electron chi connectivity index (χ2n) is 7.32. The Balaban J connectivity index is 0.00000392. The summed E-state index contributed by atoms with van der Waals surface area (Å²) in [6, 6.07) is 0.0461. The molecule has 0 saturated carbocycles. The third-order valence-corrected chi connectivity index (χ3v) is 5.64. The molecule has 162 valence electrons. The second kappa shape index (κ2) is 12.6. The van der Waals surface area contributed by atoms with E-state index in [-0.39, 0.29) is 35.8 Å². The Kier molecular flexibility index (Phi) is 11.3. The van der Waals surface area contributed by atoms with Gasteiger partial charge in [0.15, 0.2) is 5.96 Å². The first-order valence-corrected chi connectivity index (χ1v) is 12.1. The lowest BCUT2D eigenvalue weighted by Crippen LogP contribution is -2.42. The first-order chi connectivity index (χ1) is 12.9. The first kappa shape index (κ1) is 25.1. The Morgan fingerprint density at radius 1 is 1.29 bits per heavy atom. The van der Waals surface area contributed by atoms with Crippen LogP contribution in [0.1, 0.15) is 57.6 Å². The lowest BCUT2D eigenvalue weighted by Gasteiger charge is -2.17. The summed E-state index contributed by atoms with van der Waals surface area (Å²) in [6.45, 7) is 6.48. The normalized spacial score (nSPS) is 15.9. The number of hydrogen-bond acceptors (Lipinski definition) is 5. The zero-order valence-corrected chi connectivity index (χ0v) is 20.4. The van der Waals surface area contributed by atoms with Crippen LogP contribution in [-0.4, -0.2) is 60.3 Å². The molecule has 1 aliphatic rings. The van der Waals surface area contributed by atoms with Crippen LogP contribution >= 0.6 is 24.0 Å². The van der Waals surface area contributed by atoms with Crippen molar-refractivity contribution in [2.75, 3.05) is 25.1 Å². The average molecular weight is 526 g/mol. The minimum absolute atomic E-state index is 0. The van der Waals surface area contributed by atoms with E-state index in [0.717, 1.165) is 50.0 Å². The number of sulfone groups is 1. The van der Waals surface area contributed by atoms with Gasteiger partial charge >= 0.3 is 0 Å². The number of aromatic nitrogens is 3. The molecule has 1 atom stereocenters. The van der Waals surface area contributed by atoms with E-state index < -0.39 is 9.84 Å². The van der Waals surface area contributed by atoms with Gasteiger partial charge < -0.3 is 15.2 Å². The fourth-order valence-corrected chi connectivity index (χ4v) is 3.96. The van der Waals surface area contributed by atoms with Crippen molar-refractivity contribution in [1.29, 1.82) is 0 Å². The number of hydrogen-bond donors (Lipinski definition) is 2. The molecule has 0 aromatic carbocycles. The summed E-state index contributed by atoms with van der Waals surface area (Å²) in [5, 5.41) is 15.2. The van der Waals surface area contributed by atoms with Crippen molar-refractivity contribution in [2.45, 2.75) is 71.4 Å². The van der Waals surface area contributed by atoms with Crippen LogP contribution in [0.4, 0.5) is 0 Å². The van der Waals surface area contributed by atoms with Crippen molar-refractivity contribution < 1.29 is 8.42 Å². The molecule has 1 aromatic heterocycles. The molecule has 0 spiro atoms. The van der Waals surface area contributed by atoms with Gasteiger partial charge in [-0.1, -0.05) is 6.42 Å². The van der Waals surface area contributed by atoms with Gasteiger partial charge in [0.25, 0.3) is 0 Å². The zero-order chi connectivity index (χ0) is 19.7. The zero-order valence-electron chi connectivity index (χ0n) is 17.3. The fourth-order valence-electron chi connectivity index (χ4n) is 3.17. The van der Waals surface area contributed by atoms with E-state index in [0.29, 0.717) is 13.0 Å². The fraction of sp³-hybridized carbons (Fsp3) is 0.833. The highest BCUT2D eigenvalue weighted by Gasteiger charge is 2.14. The number of rotatable bonds is 9. The molecule has 2 N–H and O–H groups in total. The summed E-state index contributed by atoms with van der Waals surface area (Å²) in [7, 11) is -2.94. The molecule has 2 heterocycles. The van der Waals surface area contributed by atoms with Crippen molar-refractivity contribution in [2.24, 2.45) is 4.99 Å². The van der Waals surface area contributed by atoms with Crippen molar-refractivity contribution in [1.82, 2.24) is 25.4 Å². The largest absolute Gasteiger partial charge is 0.357 e. The van der Waals surface area contributed by atoms with E-state index in [4.69, 9.17) is 0 Å². The molecule has 10 heteroatoms. The van der Waals surface area contributed by atoms with Crippen LogP contribution < -0.4 is 10.6 Å². The Hall–Kier alpha value is -0.910. The molecule has 0 aliphatic carbocycles. The Morgan fingerprint density at radius 3 is 2.79 bits per heavy atom. The highest BCUT2D eigenvalue weighted by atomic mass is 127. The maximum absolute atomic E-state index is 11.3. The van der Waals surface area contributed by atoms with Crippen LogP contribution in [0.25, 0.3) is 0 Å². The summed E-state index contributed by atoms with van der Waals surface area (Å²) in [4.78, 5) is 4.62. The van der Waals surface area contributed by atoms with E-state index >= 15 is 0 Å². The molecule has 1 aromatic rings. The van der Waals surface area contributed by atoms with E-state index in [1.807, 2.05) is 13.8 Å². The number of nitrogens with one attached hydrogen (secondary N) is 2. The van der Waals surface area contributed by atoms with Gasteiger partial charge in [0, 0.05) is 44.8 Å². The van der Waals surface area contributed by atoms with Crippen LogP contribution in [0.3, 0.4) is 0 Å². The maximum Gasteiger partial charge on any atom is 0.191 e. The van der Waals surface area contributed by atoms with E-state index in [1.54, 1.807) is 0 Å². The van der Waals surface area contributed by atoms with Gasteiger partial charge in [-0.05, 0) is 39.5 Å². The lowest BCUT2D eigenvalue weighted by molar-refractivity contribution is 0.580. The molecule has 8 nitrogen and oxygen atoms in total. The molecule has 0 bridgehead atoms. The lowest BCUT2D eigenvalue weighted by atomic mass is 10.2. The number of halogens is 1. The summed E-state index contributed by atoms with van der Waals surface area (Å²) >= 11 is 0. The van der Waals surface area contributed by atoms with Crippen molar-refractivity contribution >= 4 is 39.8 Å². The number of aliphatic imine (C=N–C) groups is 1. The summed E-state index contributed by atoms with van der Waals surface area (Å²) in [5.41, 5.74) is 0. The predicted molar refractivity (Wildman–Crippen MR) is 124 cm³/mol. The molecule has 1 unspecified atom stereocenters. The SMILES string of the molecule is CCNC(=NCCCc1nnc2n1CCCCC2)NC(C)CCS(C)(=O)=O.I. The standard InChI is InChI=1S/C18H34N6O2S.HI/c1-4-19-18(21-15(2)11-14-27(3,25)26)20-12-8-10-17-23-22-16-9-6-5-7-13-24(16)17;/h15H,4-14H2,1-3H3,(H2,19,20,21);1H. The van der Waals surface area contributed by atoms with E-state index in [1.165, 1.54) is 25.5 Å². The van der Waals surface area contributed by atoms with Crippen molar-refractivity contribution in [3.8, 4) is 0 Å². The molecule has 0 fully saturated rings.